The number of nitrogen functional groups attached to an aromatic ring is 2. The number of anilines is 2. The van der Waals surface area contributed by atoms with Crippen molar-refractivity contribution in [2.75, 3.05) is 11.5 Å². The smallest absolute Gasteiger partial charge is 0.192 e. The lowest BCUT2D eigenvalue weighted by Gasteiger charge is -2.14. The summed E-state index contributed by atoms with van der Waals surface area (Å²) in [6.07, 6.45) is 0.422. The summed E-state index contributed by atoms with van der Waals surface area (Å²) in [6.45, 7) is 1.74. The van der Waals surface area contributed by atoms with E-state index in [2.05, 4.69) is 9.97 Å². The highest BCUT2D eigenvalue weighted by Gasteiger charge is 2.12. The summed E-state index contributed by atoms with van der Waals surface area (Å²) in [5.74, 6) is -0.705. The summed E-state index contributed by atoms with van der Waals surface area (Å²) < 4.78 is 0. The molecule has 0 spiro atoms. The van der Waals surface area contributed by atoms with Crippen LogP contribution >= 0.6 is 11.8 Å². The van der Waals surface area contributed by atoms with E-state index in [1.165, 1.54) is 6.07 Å². The van der Waals surface area contributed by atoms with Gasteiger partial charge in [-0.05, 0) is 6.42 Å². The van der Waals surface area contributed by atoms with Crippen LogP contribution in [-0.2, 0) is 4.79 Å². The average Bonchev–Trinajstić information content (AvgIpc) is 2.12. The molecule has 1 aromatic rings. The maximum atomic E-state index is 10.7. The van der Waals surface area contributed by atoms with Crippen molar-refractivity contribution in [3.63, 3.8) is 0 Å². The van der Waals surface area contributed by atoms with Crippen molar-refractivity contribution in [2.45, 2.75) is 23.8 Å². The van der Waals surface area contributed by atoms with Crippen molar-refractivity contribution in [3.8, 4) is 0 Å². The second-order valence-electron chi connectivity index (χ2n) is 2.83. The number of carboxylic acid groups (broad SMARTS) is 1. The number of aromatic nitrogens is 2. The highest BCUT2D eigenvalue weighted by Crippen LogP contribution is 2.23. The van der Waals surface area contributed by atoms with Crippen molar-refractivity contribution >= 4 is 29.4 Å². The highest BCUT2D eigenvalue weighted by molar-refractivity contribution is 8.00. The molecule has 1 aromatic heterocycles. The summed E-state index contributed by atoms with van der Waals surface area (Å²) in [5, 5.41) is 10.2. The van der Waals surface area contributed by atoms with Gasteiger partial charge in [-0.15, -0.1) is 0 Å². The number of nitrogens with zero attached hydrogens (tertiary/aromatic N) is 2. The van der Waals surface area contributed by atoms with Gasteiger partial charge in [0, 0.05) is 6.07 Å². The fraction of sp³-hybridized carbons (Fsp3) is 0.375. The summed E-state index contributed by atoms with van der Waals surface area (Å²) in [4.78, 5) is 18.4. The minimum Gasteiger partial charge on any atom is -0.549 e. The highest BCUT2D eigenvalue weighted by atomic mass is 32.2. The molecule has 0 radical (unpaired) electrons. The zero-order valence-corrected chi connectivity index (χ0v) is 8.95. The molecule has 0 bridgehead atoms. The van der Waals surface area contributed by atoms with E-state index < -0.39 is 11.2 Å². The number of nitrogens with two attached hydrogens (primary N) is 2. The average molecular weight is 227 g/mol. The van der Waals surface area contributed by atoms with Crippen LogP contribution in [0, 0.1) is 0 Å². The lowest BCUT2D eigenvalue weighted by atomic mass is 10.3. The molecule has 7 heteroatoms. The third-order valence-electron chi connectivity index (χ3n) is 1.63. The van der Waals surface area contributed by atoms with Crippen LogP contribution in [0.3, 0.4) is 0 Å². The first kappa shape index (κ1) is 11.6. The number of carbonyl (C=O) groups excluding carboxylic acids is 1. The number of rotatable bonds is 4. The van der Waals surface area contributed by atoms with Gasteiger partial charge in [-0.25, -0.2) is 9.97 Å². The summed E-state index contributed by atoms with van der Waals surface area (Å²) in [7, 11) is 0. The van der Waals surface area contributed by atoms with E-state index in [9.17, 15) is 9.90 Å². The molecule has 0 fully saturated rings. The first-order valence-electron chi connectivity index (χ1n) is 4.30. The van der Waals surface area contributed by atoms with Crippen LogP contribution in [0.25, 0.3) is 0 Å². The Kier molecular flexibility index (Phi) is 3.73. The summed E-state index contributed by atoms with van der Waals surface area (Å²) in [5.41, 5.74) is 10.9. The van der Waals surface area contributed by atoms with Crippen molar-refractivity contribution in [1.29, 1.82) is 0 Å². The van der Waals surface area contributed by atoms with Crippen molar-refractivity contribution in [3.05, 3.63) is 6.07 Å². The number of thioether (sulfide) groups is 1. The lowest BCUT2D eigenvalue weighted by Crippen LogP contribution is -2.33. The van der Waals surface area contributed by atoms with Gasteiger partial charge in [0.05, 0.1) is 11.2 Å². The van der Waals surface area contributed by atoms with E-state index in [4.69, 9.17) is 11.5 Å². The van der Waals surface area contributed by atoms with Gasteiger partial charge in [0.2, 0.25) is 0 Å². The molecule has 0 saturated carbocycles. The van der Waals surface area contributed by atoms with Crippen LogP contribution < -0.4 is 16.6 Å². The maximum Gasteiger partial charge on any atom is 0.192 e. The Hall–Kier alpha value is -1.50. The normalized spacial score (nSPS) is 12.3. The van der Waals surface area contributed by atoms with E-state index in [-0.39, 0.29) is 16.8 Å². The molecule has 0 aliphatic carbocycles. The molecule has 0 aromatic carbocycles. The molecular formula is C8H11N4O2S-. The van der Waals surface area contributed by atoms with Gasteiger partial charge in [-0.2, -0.15) is 0 Å². The van der Waals surface area contributed by atoms with Crippen molar-refractivity contribution in [2.24, 2.45) is 0 Å². The predicted octanol–water partition coefficient (Wildman–Crippen LogP) is -0.738. The third-order valence-corrected chi connectivity index (χ3v) is 2.83. The number of carboxylic acids is 1. The number of carbonyl (C=O) groups is 1. The lowest BCUT2D eigenvalue weighted by molar-refractivity contribution is -0.304. The van der Waals surface area contributed by atoms with Gasteiger partial charge in [0.1, 0.15) is 11.6 Å². The number of hydrogen-bond donors (Lipinski definition) is 2. The fourth-order valence-electron chi connectivity index (χ4n) is 0.940. The molecule has 0 saturated heterocycles. The minimum absolute atomic E-state index is 0.221. The second-order valence-corrected chi connectivity index (χ2v) is 4.00. The van der Waals surface area contributed by atoms with E-state index in [1.54, 1.807) is 6.92 Å². The van der Waals surface area contributed by atoms with E-state index >= 15 is 0 Å². The Bertz CT molecular complexity index is 351. The van der Waals surface area contributed by atoms with Gasteiger partial charge < -0.3 is 21.4 Å². The molecule has 1 heterocycles. The van der Waals surface area contributed by atoms with E-state index in [0.29, 0.717) is 6.42 Å². The molecule has 0 amide bonds. The Morgan fingerprint density at radius 2 is 2.07 bits per heavy atom. The molecule has 6 nitrogen and oxygen atoms in total. The quantitative estimate of drug-likeness (QED) is 0.513. The third kappa shape index (κ3) is 3.28. The first-order valence-corrected chi connectivity index (χ1v) is 5.18. The molecule has 4 N–H and O–H groups in total. The topological polar surface area (TPSA) is 118 Å². The Labute approximate surface area is 91.1 Å². The molecule has 82 valence electrons. The van der Waals surface area contributed by atoms with Gasteiger partial charge in [-0.3, -0.25) is 0 Å². The van der Waals surface area contributed by atoms with Gasteiger partial charge in [0.25, 0.3) is 0 Å². The standard InChI is InChI=1S/C8H12N4O2S/c1-2-4(7(13)14)15-8-11-5(9)3-6(10)12-8/h3-4H,2H2,1H3,(H,13,14)(H4,9,10,11,12)/p-1/t4-/m0/s1. The van der Waals surface area contributed by atoms with Crippen molar-refractivity contribution in [1.82, 2.24) is 9.97 Å². The van der Waals surface area contributed by atoms with Gasteiger partial charge in [-0.1, -0.05) is 18.7 Å². The zero-order chi connectivity index (χ0) is 11.4. The maximum absolute atomic E-state index is 10.7. The van der Waals surface area contributed by atoms with E-state index in [0.717, 1.165) is 11.8 Å². The van der Waals surface area contributed by atoms with Crippen LogP contribution in [0.15, 0.2) is 11.2 Å². The summed E-state index contributed by atoms with van der Waals surface area (Å²) in [6, 6.07) is 1.41. The van der Waals surface area contributed by atoms with E-state index in [1.807, 2.05) is 0 Å². The van der Waals surface area contributed by atoms with Crippen LogP contribution in [-0.4, -0.2) is 21.2 Å². The second kappa shape index (κ2) is 4.83. The monoisotopic (exact) mass is 227 g/mol. The molecule has 1 rings (SSSR count). The molecule has 0 aliphatic rings. The molecule has 1 atom stereocenters. The largest absolute Gasteiger partial charge is 0.549 e. The fourth-order valence-corrected chi connectivity index (χ4v) is 1.77. The molecule has 15 heavy (non-hydrogen) atoms. The zero-order valence-electron chi connectivity index (χ0n) is 8.14. The van der Waals surface area contributed by atoms with Gasteiger partial charge in [0.15, 0.2) is 5.16 Å². The summed E-state index contributed by atoms with van der Waals surface area (Å²) >= 11 is 0.981. The van der Waals surface area contributed by atoms with Gasteiger partial charge >= 0.3 is 0 Å². The number of hydrogen-bond acceptors (Lipinski definition) is 7. The molecule has 0 unspecified atom stereocenters. The molecule has 0 aliphatic heterocycles. The minimum atomic E-state index is -1.15. The van der Waals surface area contributed by atoms with Crippen molar-refractivity contribution < 1.29 is 9.90 Å². The van der Waals surface area contributed by atoms with Crippen LogP contribution in [0.1, 0.15) is 13.3 Å². The molecular weight excluding hydrogens is 216 g/mol. The van der Waals surface area contributed by atoms with Crippen LogP contribution in [0.2, 0.25) is 0 Å². The Balaban J connectivity index is 2.83. The van der Waals surface area contributed by atoms with Crippen LogP contribution in [0.4, 0.5) is 11.6 Å². The SMILES string of the molecule is CC[C@H](Sc1nc(N)cc(N)n1)C(=O)[O-]. The Morgan fingerprint density at radius 3 is 2.47 bits per heavy atom. The predicted molar refractivity (Wildman–Crippen MR) is 55.8 cm³/mol. The van der Waals surface area contributed by atoms with Crippen LogP contribution in [0.5, 0.6) is 0 Å². The first-order chi connectivity index (χ1) is 7.02. The Morgan fingerprint density at radius 1 is 1.53 bits per heavy atom. The number of aliphatic carboxylic acids is 1.